The Balaban J connectivity index is 2.07. The van der Waals surface area contributed by atoms with Crippen LogP contribution in [0.2, 0.25) is 0 Å². The van der Waals surface area contributed by atoms with Gasteiger partial charge in [0, 0.05) is 13.2 Å². The first-order valence-electron chi connectivity index (χ1n) is 7.50. The van der Waals surface area contributed by atoms with Crippen LogP contribution >= 0.6 is 0 Å². The van der Waals surface area contributed by atoms with Crippen molar-refractivity contribution >= 4 is 5.91 Å². The summed E-state index contributed by atoms with van der Waals surface area (Å²) < 4.78 is 16.5. The molecular formula is C17H17FN4O2. The van der Waals surface area contributed by atoms with Gasteiger partial charge in [-0.15, -0.1) is 0 Å². The SMILES string of the molecule is CCONC(=O)c1cc(-c2cccn2C)nn1-c1ccc(F)cc1. The van der Waals surface area contributed by atoms with Crippen LogP contribution in [-0.2, 0) is 11.9 Å². The molecule has 124 valence electrons. The van der Waals surface area contributed by atoms with Crippen LogP contribution in [0.5, 0.6) is 0 Å². The molecule has 2 heterocycles. The van der Waals surface area contributed by atoms with E-state index < -0.39 is 5.91 Å². The number of halogens is 1. The molecule has 0 fully saturated rings. The third-order valence-electron chi connectivity index (χ3n) is 3.53. The molecule has 0 aliphatic carbocycles. The summed E-state index contributed by atoms with van der Waals surface area (Å²) in [4.78, 5) is 17.3. The predicted octanol–water partition coefficient (Wildman–Crippen LogP) is 2.70. The number of hydrogen-bond donors (Lipinski definition) is 1. The number of hydroxylamine groups is 1. The van der Waals surface area contributed by atoms with E-state index in [1.54, 1.807) is 25.1 Å². The topological polar surface area (TPSA) is 61.1 Å². The van der Waals surface area contributed by atoms with E-state index in [9.17, 15) is 9.18 Å². The van der Waals surface area contributed by atoms with Gasteiger partial charge in [-0.25, -0.2) is 14.6 Å². The Hall–Kier alpha value is -2.93. The highest BCUT2D eigenvalue weighted by Gasteiger charge is 2.18. The van der Waals surface area contributed by atoms with Crippen molar-refractivity contribution in [3.8, 4) is 17.1 Å². The van der Waals surface area contributed by atoms with Gasteiger partial charge in [0.15, 0.2) is 0 Å². The Morgan fingerprint density at radius 2 is 2.04 bits per heavy atom. The monoisotopic (exact) mass is 328 g/mol. The summed E-state index contributed by atoms with van der Waals surface area (Å²) in [6, 6.07) is 11.2. The van der Waals surface area contributed by atoms with Gasteiger partial charge in [0.2, 0.25) is 0 Å². The van der Waals surface area contributed by atoms with Crippen LogP contribution < -0.4 is 5.48 Å². The lowest BCUT2D eigenvalue weighted by molar-refractivity contribution is 0.0357. The van der Waals surface area contributed by atoms with Crippen LogP contribution in [0.1, 0.15) is 17.4 Å². The average molecular weight is 328 g/mol. The number of rotatable bonds is 5. The first-order valence-corrected chi connectivity index (χ1v) is 7.50. The Morgan fingerprint density at radius 3 is 2.67 bits per heavy atom. The van der Waals surface area contributed by atoms with Gasteiger partial charge in [-0.05, 0) is 49.4 Å². The lowest BCUT2D eigenvalue weighted by atomic mass is 10.2. The fourth-order valence-electron chi connectivity index (χ4n) is 2.36. The van der Waals surface area contributed by atoms with Crippen molar-refractivity contribution in [1.82, 2.24) is 19.8 Å². The molecule has 0 spiro atoms. The van der Waals surface area contributed by atoms with E-state index in [-0.39, 0.29) is 5.82 Å². The smallest absolute Gasteiger partial charge is 0.293 e. The van der Waals surface area contributed by atoms with Gasteiger partial charge in [0.05, 0.1) is 18.0 Å². The summed E-state index contributed by atoms with van der Waals surface area (Å²) in [6.07, 6.45) is 1.90. The van der Waals surface area contributed by atoms with Crippen molar-refractivity contribution < 1.29 is 14.0 Å². The second-order valence-electron chi connectivity index (χ2n) is 5.17. The Bertz CT molecular complexity index is 852. The number of amides is 1. The highest BCUT2D eigenvalue weighted by Crippen LogP contribution is 2.22. The number of nitrogens with zero attached hydrogens (tertiary/aromatic N) is 3. The number of hydrogen-bond acceptors (Lipinski definition) is 3. The number of carbonyl (C=O) groups is 1. The van der Waals surface area contributed by atoms with E-state index in [4.69, 9.17) is 4.84 Å². The zero-order chi connectivity index (χ0) is 17.1. The molecule has 0 saturated carbocycles. The Labute approximate surface area is 138 Å². The summed E-state index contributed by atoms with van der Waals surface area (Å²) in [5.41, 5.74) is 4.74. The molecule has 2 aromatic heterocycles. The van der Waals surface area contributed by atoms with Crippen LogP contribution in [-0.4, -0.2) is 26.9 Å². The minimum absolute atomic E-state index is 0.297. The normalized spacial score (nSPS) is 10.8. The molecule has 0 bridgehead atoms. The third kappa shape index (κ3) is 3.07. The maximum Gasteiger partial charge on any atom is 0.293 e. The second-order valence-corrected chi connectivity index (χ2v) is 5.17. The van der Waals surface area contributed by atoms with Crippen LogP contribution in [0, 0.1) is 5.82 Å². The van der Waals surface area contributed by atoms with E-state index >= 15 is 0 Å². The highest BCUT2D eigenvalue weighted by molar-refractivity contribution is 5.93. The molecular weight excluding hydrogens is 311 g/mol. The number of aryl methyl sites for hydroxylation is 1. The quantitative estimate of drug-likeness (QED) is 0.733. The van der Waals surface area contributed by atoms with Gasteiger partial charge in [0.25, 0.3) is 5.91 Å². The van der Waals surface area contributed by atoms with Gasteiger partial charge in [-0.1, -0.05) is 0 Å². The number of aromatic nitrogens is 3. The van der Waals surface area contributed by atoms with Crippen LogP contribution in [0.15, 0.2) is 48.7 Å². The largest absolute Gasteiger partial charge is 0.349 e. The van der Waals surface area contributed by atoms with E-state index in [1.165, 1.54) is 16.8 Å². The van der Waals surface area contributed by atoms with E-state index in [0.717, 1.165) is 5.69 Å². The lowest BCUT2D eigenvalue weighted by Crippen LogP contribution is -2.26. The maximum absolute atomic E-state index is 13.2. The van der Waals surface area contributed by atoms with Gasteiger partial charge in [-0.3, -0.25) is 9.63 Å². The van der Waals surface area contributed by atoms with Crippen molar-refractivity contribution in [2.24, 2.45) is 7.05 Å². The predicted molar refractivity (Wildman–Crippen MR) is 87.0 cm³/mol. The summed E-state index contributed by atoms with van der Waals surface area (Å²) in [6.45, 7) is 2.12. The molecule has 24 heavy (non-hydrogen) atoms. The van der Waals surface area contributed by atoms with Crippen LogP contribution in [0.3, 0.4) is 0 Å². The summed E-state index contributed by atoms with van der Waals surface area (Å²) in [5.74, 6) is -0.775. The fraction of sp³-hybridized carbons (Fsp3) is 0.176. The maximum atomic E-state index is 13.2. The zero-order valence-corrected chi connectivity index (χ0v) is 13.4. The third-order valence-corrected chi connectivity index (χ3v) is 3.53. The average Bonchev–Trinajstić information content (AvgIpc) is 3.19. The standard InChI is InChI=1S/C17H17FN4O2/c1-3-24-20-17(23)16-11-14(15-5-4-10-21(15)2)19-22(16)13-8-6-12(18)7-9-13/h4-11H,3H2,1-2H3,(H,20,23). The van der Waals surface area contributed by atoms with Crippen LogP contribution in [0.4, 0.5) is 4.39 Å². The zero-order valence-electron chi connectivity index (χ0n) is 13.4. The molecule has 0 unspecified atom stereocenters. The molecule has 0 atom stereocenters. The second kappa shape index (κ2) is 6.67. The van der Waals surface area contributed by atoms with Gasteiger partial charge < -0.3 is 4.57 Å². The molecule has 1 N–H and O–H groups in total. The molecule has 0 aliphatic rings. The van der Waals surface area contributed by atoms with E-state index in [1.807, 2.05) is 29.9 Å². The minimum atomic E-state index is -0.422. The highest BCUT2D eigenvalue weighted by atomic mass is 19.1. The molecule has 3 aromatic rings. The first-order chi connectivity index (χ1) is 11.6. The molecule has 0 saturated heterocycles. The molecule has 0 aliphatic heterocycles. The molecule has 7 heteroatoms. The first kappa shape index (κ1) is 15.9. The number of benzene rings is 1. The van der Waals surface area contributed by atoms with Crippen LogP contribution in [0.25, 0.3) is 17.1 Å². The minimum Gasteiger partial charge on any atom is -0.349 e. The van der Waals surface area contributed by atoms with E-state index in [2.05, 4.69) is 10.6 Å². The lowest BCUT2D eigenvalue weighted by Gasteiger charge is -2.07. The van der Waals surface area contributed by atoms with Gasteiger partial charge in [0.1, 0.15) is 17.2 Å². The fourth-order valence-corrected chi connectivity index (χ4v) is 2.36. The van der Waals surface area contributed by atoms with Crippen molar-refractivity contribution in [1.29, 1.82) is 0 Å². The van der Waals surface area contributed by atoms with Crippen molar-refractivity contribution in [2.75, 3.05) is 6.61 Å². The molecule has 0 radical (unpaired) electrons. The molecule has 1 amide bonds. The number of nitrogens with one attached hydrogen (secondary N) is 1. The molecule has 1 aromatic carbocycles. The Kier molecular flexibility index (Phi) is 4.43. The van der Waals surface area contributed by atoms with E-state index in [0.29, 0.717) is 23.7 Å². The molecule has 3 rings (SSSR count). The van der Waals surface area contributed by atoms with Gasteiger partial charge >= 0.3 is 0 Å². The summed E-state index contributed by atoms with van der Waals surface area (Å²) in [5, 5.41) is 4.50. The van der Waals surface area contributed by atoms with Gasteiger partial charge in [-0.2, -0.15) is 5.10 Å². The molecule has 6 nitrogen and oxygen atoms in total. The number of carbonyl (C=O) groups excluding carboxylic acids is 1. The summed E-state index contributed by atoms with van der Waals surface area (Å²) >= 11 is 0. The summed E-state index contributed by atoms with van der Waals surface area (Å²) in [7, 11) is 1.90. The Morgan fingerprint density at radius 1 is 1.29 bits per heavy atom. The van der Waals surface area contributed by atoms with Crippen molar-refractivity contribution in [3.63, 3.8) is 0 Å². The van der Waals surface area contributed by atoms with Crippen molar-refractivity contribution in [2.45, 2.75) is 6.92 Å². The van der Waals surface area contributed by atoms with Crippen molar-refractivity contribution in [3.05, 3.63) is 60.2 Å².